The lowest BCUT2D eigenvalue weighted by Gasteiger charge is -2.28. The third kappa shape index (κ3) is 2.60. The highest BCUT2D eigenvalue weighted by molar-refractivity contribution is 7.86. The van der Waals surface area contributed by atoms with E-state index >= 15 is 0 Å². The molecule has 3 rings (SSSR count). The van der Waals surface area contributed by atoms with Crippen LogP contribution in [-0.4, -0.2) is 48.7 Å². The Kier molecular flexibility index (Phi) is 3.48. The molecule has 2 saturated carbocycles. The van der Waals surface area contributed by atoms with Crippen LogP contribution < -0.4 is 0 Å². The fourth-order valence-corrected chi connectivity index (χ4v) is 3.99. The maximum atomic E-state index is 13.4. The van der Waals surface area contributed by atoms with Crippen molar-refractivity contribution in [3.8, 4) is 0 Å². The van der Waals surface area contributed by atoms with Gasteiger partial charge in [0.05, 0.1) is 18.1 Å². The predicted molar refractivity (Wildman–Crippen MR) is 60.8 cm³/mol. The summed E-state index contributed by atoms with van der Waals surface area (Å²) < 4.78 is 103. The molecule has 6 unspecified atom stereocenters. The monoisotopic (exact) mass is 366 g/mol. The summed E-state index contributed by atoms with van der Waals surface area (Å²) >= 11 is 0. The molecular weight excluding hydrogens is 355 g/mol. The number of esters is 1. The van der Waals surface area contributed by atoms with Gasteiger partial charge in [0, 0.05) is 5.92 Å². The SMILES string of the molecule is O=C(OC(C(F)(F)F)C(F)(F)S(=O)(=O)O)C1CC2CC1C1OC21. The van der Waals surface area contributed by atoms with Gasteiger partial charge in [-0.1, -0.05) is 0 Å². The molecule has 3 aliphatic rings. The number of halogens is 5. The molecule has 0 amide bonds. The minimum Gasteiger partial charge on any atom is -0.444 e. The Balaban J connectivity index is 1.78. The third-order valence-electron chi connectivity index (χ3n) is 4.58. The molecular formula is C11H11F5O6S. The van der Waals surface area contributed by atoms with E-state index in [0.717, 1.165) is 0 Å². The first-order valence-electron chi connectivity index (χ1n) is 6.61. The van der Waals surface area contributed by atoms with E-state index in [9.17, 15) is 35.2 Å². The fourth-order valence-electron chi connectivity index (χ4n) is 3.54. The van der Waals surface area contributed by atoms with Crippen molar-refractivity contribution in [2.75, 3.05) is 0 Å². The highest BCUT2D eigenvalue weighted by Crippen LogP contribution is 2.59. The van der Waals surface area contributed by atoms with Crippen LogP contribution in [0.5, 0.6) is 0 Å². The highest BCUT2D eigenvalue weighted by atomic mass is 32.2. The second kappa shape index (κ2) is 4.76. The predicted octanol–water partition coefficient (Wildman–Crippen LogP) is 1.36. The summed E-state index contributed by atoms with van der Waals surface area (Å²) in [7, 11) is -6.42. The van der Waals surface area contributed by atoms with Crippen LogP contribution in [0.3, 0.4) is 0 Å². The van der Waals surface area contributed by atoms with E-state index in [-0.39, 0.29) is 24.5 Å². The summed E-state index contributed by atoms with van der Waals surface area (Å²) in [6.45, 7) is 0. The van der Waals surface area contributed by atoms with E-state index in [0.29, 0.717) is 6.42 Å². The van der Waals surface area contributed by atoms with Gasteiger partial charge in [-0.15, -0.1) is 0 Å². The van der Waals surface area contributed by atoms with Crippen LogP contribution >= 0.6 is 0 Å². The molecule has 0 spiro atoms. The van der Waals surface area contributed by atoms with E-state index in [4.69, 9.17) is 9.29 Å². The topological polar surface area (TPSA) is 93.2 Å². The summed E-state index contributed by atoms with van der Waals surface area (Å²) in [4.78, 5) is 11.8. The molecule has 0 aromatic rings. The lowest BCUT2D eigenvalue weighted by atomic mass is 9.89. The molecule has 3 fully saturated rings. The van der Waals surface area contributed by atoms with Gasteiger partial charge in [-0.05, 0) is 18.8 Å². The number of hydrogen-bond donors (Lipinski definition) is 1. The van der Waals surface area contributed by atoms with Crippen LogP contribution in [-0.2, 0) is 24.4 Å². The van der Waals surface area contributed by atoms with E-state index in [2.05, 4.69) is 4.74 Å². The number of rotatable bonds is 4. The van der Waals surface area contributed by atoms with Crippen LogP contribution in [0, 0.1) is 17.8 Å². The average molecular weight is 366 g/mol. The summed E-state index contributed by atoms with van der Waals surface area (Å²) in [5, 5.41) is -5.70. The quantitative estimate of drug-likeness (QED) is 0.350. The maximum Gasteiger partial charge on any atom is 0.432 e. The Morgan fingerprint density at radius 3 is 2.22 bits per heavy atom. The smallest absolute Gasteiger partial charge is 0.432 e. The van der Waals surface area contributed by atoms with Crippen LogP contribution in [0.25, 0.3) is 0 Å². The van der Waals surface area contributed by atoms with Crippen LogP contribution in [0.2, 0.25) is 0 Å². The minimum atomic E-state index is -6.42. The molecule has 1 saturated heterocycles. The highest BCUT2D eigenvalue weighted by Gasteiger charge is 2.68. The van der Waals surface area contributed by atoms with Crippen molar-refractivity contribution >= 4 is 16.1 Å². The number of hydrogen-bond acceptors (Lipinski definition) is 5. The summed E-state index contributed by atoms with van der Waals surface area (Å²) in [6.07, 6.45) is -9.79. The molecule has 23 heavy (non-hydrogen) atoms. The van der Waals surface area contributed by atoms with Crippen molar-refractivity contribution in [2.45, 2.75) is 42.6 Å². The number of epoxide rings is 1. The van der Waals surface area contributed by atoms with Gasteiger partial charge < -0.3 is 9.47 Å². The van der Waals surface area contributed by atoms with Crippen molar-refractivity contribution < 1.29 is 49.2 Å². The Bertz CT molecular complexity index is 631. The zero-order valence-corrected chi connectivity index (χ0v) is 12.0. The number of ether oxygens (including phenoxy) is 2. The molecule has 1 heterocycles. The molecule has 0 aromatic heterocycles. The Morgan fingerprint density at radius 1 is 1.17 bits per heavy atom. The summed E-state index contributed by atoms with van der Waals surface area (Å²) in [6, 6.07) is 0. The number of carbonyl (C=O) groups excluding carboxylic acids is 1. The Labute approximate surface area is 126 Å². The lowest BCUT2D eigenvalue weighted by Crippen LogP contribution is -2.53. The largest absolute Gasteiger partial charge is 0.444 e. The summed E-state index contributed by atoms with van der Waals surface area (Å²) in [5.41, 5.74) is 0. The first-order chi connectivity index (χ1) is 10.3. The standard InChI is InChI=1S/C11H11F5O6S/c12-10(13,14)9(11(15,16)23(18,19)20)22-8(17)5-2-3-1-4(5)7-6(3)21-7/h3-7,9H,1-2H2,(H,18,19,20). The van der Waals surface area contributed by atoms with E-state index in [1.807, 2.05) is 0 Å². The van der Waals surface area contributed by atoms with Gasteiger partial charge in [-0.2, -0.15) is 30.4 Å². The molecule has 1 aliphatic heterocycles. The van der Waals surface area contributed by atoms with Gasteiger partial charge in [0.25, 0.3) is 6.10 Å². The molecule has 6 nitrogen and oxygen atoms in total. The zero-order valence-electron chi connectivity index (χ0n) is 11.2. The fraction of sp³-hybridized carbons (Fsp3) is 0.909. The van der Waals surface area contributed by atoms with Crippen LogP contribution in [0.1, 0.15) is 12.8 Å². The first-order valence-corrected chi connectivity index (χ1v) is 8.05. The van der Waals surface area contributed by atoms with Gasteiger partial charge in [0.15, 0.2) is 0 Å². The summed E-state index contributed by atoms with van der Waals surface area (Å²) in [5.74, 6) is -3.05. The number of fused-ring (bicyclic) bond motifs is 5. The molecule has 0 aromatic carbocycles. The van der Waals surface area contributed by atoms with Gasteiger partial charge in [-0.25, -0.2) is 0 Å². The first kappa shape index (κ1) is 16.8. The van der Waals surface area contributed by atoms with Gasteiger partial charge in [-0.3, -0.25) is 9.35 Å². The van der Waals surface area contributed by atoms with Gasteiger partial charge in [0.2, 0.25) is 0 Å². The van der Waals surface area contributed by atoms with Crippen LogP contribution in [0.4, 0.5) is 22.0 Å². The van der Waals surface area contributed by atoms with Crippen molar-refractivity contribution in [1.82, 2.24) is 0 Å². The molecule has 2 bridgehead atoms. The molecule has 12 heteroatoms. The molecule has 6 atom stereocenters. The number of alkyl halides is 5. The van der Waals surface area contributed by atoms with Crippen molar-refractivity contribution in [2.24, 2.45) is 17.8 Å². The minimum absolute atomic E-state index is 0.0334. The van der Waals surface area contributed by atoms with Crippen molar-refractivity contribution in [1.29, 1.82) is 0 Å². The normalized spacial score (nSPS) is 37.4. The molecule has 2 aliphatic carbocycles. The Morgan fingerprint density at radius 2 is 1.78 bits per heavy atom. The van der Waals surface area contributed by atoms with Crippen molar-refractivity contribution in [3.05, 3.63) is 0 Å². The molecule has 132 valence electrons. The van der Waals surface area contributed by atoms with Gasteiger partial charge >= 0.3 is 27.5 Å². The van der Waals surface area contributed by atoms with Gasteiger partial charge in [0.1, 0.15) is 0 Å². The third-order valence-corrected chi connectivity index (χ3v) is 5.48. The average Bonchev–Trinajstić information content (AvgIpc) is 2.97. The van der Waals surface area contributed by atoms with E-state index in [1.54, 1.807) is 0 Å². The second-order valence-electron chi connectivity index (χ2n) is 5.96. The second-order valence-corrected chi connectivity index (χ2v) is 7.46. The maximum absolute atomic E-state index is 13.4. The van der Waals surface area contributed by atoms with E-state index < -0.39 is 45.5 Å². The molecule has 0 radical (unpaired) electrons. The van der Waals surface area contributed by atoms with E-state index in [1.165, 1.54) is 0 Å². The van der Waals surface area contributed by atoms with Crippen molar-refractivity contribution in [3.63, 3.8) is 0 Å². The number of carbonyl (C=O) groups is 1. The molecule has 1 N–H and O–H groups in total. The lowest BCUT2D eigenvalue weighted by molar-refractivity contribution is -0.261. The van der Waals surface area contributed by atoms with Crippen LogP contribution in [0.15, 0.2) is 0 Å². The zero-order chi connectivity index (χ0) is 17.4. The Hall–Kier alpha value is -1.01.